The molecule has 0 bridgehead atoms. The van der Waals surface area contributed by atoms with E-state index in [1.807, 2.05) is 7.05 Å². The van der Waals surface area contributed by atoms with Gasteiger partial charge >= 0.3 is 5.97 Å². The van der Waals surface area contributed by atoms with Gasteiger partial charge in [-0.05, 0) is 32.7 Å². The molecule has 0 aromatic carbocycles. The van der Waals surface area contributed by atoms with E-state index in [9.17, 15) is 4.79 Å². The first-order chi connectivity index (χ1) is 8.72. The zero-order valence-corrected chi connectivity index (χ0v) is 11.4. The zero-order chi connectivity index (χ0) is 13.0. The summed E-state index contributed by atoms with van der Waals surface area (Å²) in [6, 6.07) is 0.471. The fraction of sp³-hybridized carbons (Fsp3) is 0.923. The molecule has 1 saturated carbocycles. The normalized spacial score (nSPS) is 34.2. The van der Waals surface area contributed by atoms with Crippen molar-refractivity contribution in [2.45, 2.75) is 37.3 Å². The van der Waals surface area contributed by atoms with E-state index in [0.717, 1.165) is 52.0 Å². The van der Waals surface area contributed by atoms with Crippen LogP contribution in [0.25, 0.3) is 0 Å². The molecule has 2 aliphatic rings. The number of rotatable bonds is 3. The predicted octanol–water partition coefficient (Wildman–Crippen LogP) is 0.392. The Morgan fingerprint density at radius 1 is 1.44 bits per heavy atom. The fourth-order valence-corrected chi connectivity index (χ4v) is 3.17. The van der Waals surface area contributed by atoms with E-state index in [-0.39, 0.29) is 5.97 Å². The molecule has 18 heavy (non-hydrogen) atoms. The van der Waals surface area contributed by atoms with E-state index in [2.05, 4.69) is 10.2 Å². The third-order valence-corrected chi connectivity index (χ3v) is 4.32. The second-order valence-electron chi connectivity index (χ2n) is 5.22. The number of esters is 1. The minimum Gasteiger partial charge on any atom is -0.468 e. The second-order valence-corrected chi connectivity index (χ2v) is 5.22. The van der Waals surface area contributed by atoms with Crippen molar-refractivity contribution in [3.05, 3.63) is 0 Å². The lowest BCUT2D eigenvalue weighted by Gasteiger charge is -2.30. The molecule has 1 heterocycles. The van der Waals surface area contributed by atoms with Crippen LogP contribution >= 0.6 is 0 Å². The van der Waals surface area contributed by atoms with Crippen LogP contribution in [0.15, 0.2) is 0 Å². The van der Waals surface area contributed by atoms with Crippen LogP contribution < -0.4 is 5.32 Å². The third-order valence-electron chi connectivity index (χ3n) is 4.32. The minimum atomic E-state index is -0.480. The quantitative estimate of drug-likeness (QED) is 0.740. The average Bonchev–Trinajstić information content (AvgIpc) is 2.67. The van der Waals surface area contributed by atoms with Crippen molar-refractivity contribution in [2.24, 2.45) is 0 Å². The Labute approximate surface area is 109 Å². The lowest BCUT2D eigenvalue weighted by Crippen LogP contribution is -2.50. The van der Waals surface area contributed by atoms with Gasteiger partial charge in [-0.15, -0.1) is 0 Å². The summed E-state index contributed by atoms with van der Waals surface area (Å²) in [5.74, 6) is -0.126. The minimum absolute atomic E-state index is 0.126. The highest BCUT2D eigenvalue weighted by Gasteiger charge is 2.46. The summed E-state index contributed by atoms with van der Waals surface area (Å²) in [6.07, 6.45) is 3.84. The smallest absolute Gasteiger partial charge is 0.326 e. The van der Waals surface area contributed by atoms with Gasteiger partial charge in [0.1, 0.15) is 5.54 Å². The summed E-state index contributed by atoms with van der Waals surface area (Å²) in [5, 5.41) is 3.18. The van der Waals surface area contributed by atoms with Gasteiger partial charge in [-0.1, -0.05) is 0 Å². The van der Waals surface area contributed by atoms with Crippen molar-refractivity contribution in [3.8, 4) is 0 Å². The van der Waals surface area contributed by atoms with Gasteiger partial charge in [-0.3, -0.25) is 9.69 Å². The molecule has 1 N–H and O–H groups in total. The second kappa shape index (κ2) is 5.99. The Bertz CT molecular complexity index is 290. The van der Waals surface area contributed by atoms with Crippen molar-refractivity contribution < 1.29 is 14.3 Å². The standard InChI is InChI=1S/C13H24N2O3/c1-14-13(12(16)17-2)5-4-11(10-13)15-6-3-8-18-9-7-15/h11,14H,3-10H2,1-2H3. The molecule has 104 valence electrons. The fourth-order valence-electron chi connectivity index (χ4n) is 3.17. The molecule has 2 unspecified atom stereocenters. The summed E-state index contributed by atoms with van der Waals surface area (Å²) in [4.78, 5) is 14.4. The molecule has 2 rings (SSSR count). The van der Waals surface area contributed by atoms with Crippen LogP contribution in [0.2, 0.25) is 0 Å². The molecular formula is C13H24N2O3. The molecule has 0 aromatic rings. The van der Waals surface area contributed by atoms with E-state index < -0.39 is 5.54 Å². The molecule has 0 amide bonds. The van der Waals surface area contributed by atoms with Crippen LogP contribution in [-0.2, 0) is 14.3 Å². The van der Waals surface area contributed by atoms with E-state index >= 15 is 0 Å². The number of carbonyl (C=O) groups excluding carboxylic acids is 1. The highest BCUT2D eigenvalue weighted by Crippen LogP contribution is 2.34. The highest BCUT2D eigenvalue weighted by atomic mass is 16.5. The van der Waals surface area contributed by atoms with Crippen molar-refractivity contribution >= 4 is 5.97 Å². The van der Waals surface area contributed by atoms with E-state index in [1.165, 1.54) is 7.11 Å². The summed E-state index contributed by atoms with van der Waals surface area (Å²) in [5.41, 5.74) is -0.480. The molecule has 2 atom stereocenters. The first kappa shape index (κ1) is 13.8. The van der Waals surface area contributed by atoms with Crippen molar-refractivity contribution in [1.29, 1.82) is 0 Å². The van der Waals surface area contributed by atoms with E-state index in [0.29, 0.717) is 6.04 Å². The van der Waals surface area contributed by atoms with Crippen molar-refractivity contribution in [2.75, 3.05) is 40.5 Å². The van der Waals surface area contributed by atoms with Crippen LogP contribution in [0.5, 0.6) is 0 Å². The Morgan fingerprint density at radius 2 is 2.28 bits per heavy atom. The molecule has 5 nitrogen and oxygen atoms in total. The van der Waals surface area contributed by atoms with Gasteiger partial charge in [-0.25, -0.2) is 0 Å². The molecule has 5 heteroatoms. The van der Waals surface area contributed by atoms with Crippen molar-refractivity contribution in [3.63, 3.8) is 0 Å². The Hall–Kier alpha value is -0.650. The van der Waals surface area contributed by atoms with E-state index in [4.69, 9.17) is 9.47 Å². The Morgan fingerprint density at radius 3 is 3.00 bits per heavy atom. The molecule has 2 fully saturated rings. The van der Waals surface area contributed by atoms with Gasteiger partial charge < -0.3 is 14.8 Å². The topological polar surface area (TPSA) is 50.8 Å². The molecular weight excluding hydrogens is 232 g/mol. The third kappa shape index (κ3) is 2.68. The summed E-state index contributed by atoms with van der Waals surface area (Å²) < 4.78 is 10.4. The summed E-state index contributed by atoms with van der Waals surface area (Å²) in [7, 11) is 3.32. The van der Waals surface area contributed by atoms with Gasteiger partial charge in [0.25, 0.3) is 0 Å². The highest BCUT2D eigenvalue weighted by molar-refractivity contribution is 5.81. The van der Waals surface area contributed by atoms with Crippen LogP contribution in [0.4, 0.5) is 0 Å². The van der Waals surface area contributed by atoms with E-state index in [1.54, 1.807) is 0 Å². The maximum Gasteiger partial charge on any atom is 0.326 e. The van der Waals surface area contributed by atoms with Crippen LogP contribution in [0, 0.1) is 0 Å². The van der Waals surface area contributed by atoms with Crippen molar-refractivity contribution in [1.82, 2.24) is 10.2 Å². The number of nitrogens with zero attached hydrogens (tertiary/aromatic N) is 1. The SMILES string of the molecule is CNC1(C(=O)OC)CCC(N2CCCOCC2)C1. The maximum absolute atomic E-state index is 11.9. The Balaban J connectivity index is 1.99. The van der Waals surface area contributed by atoms with Crippen LogP contribution in [0.1, 0.15) is 25.7 Å². The number of hydrogen-bond donors (Lipinski definition) is 1. The Kier molecular flexibility index (Phi) is 4.59. The monoisotopic (exact) mass is 256 g/mol. The number of nitrogens with one attached hydrogen (secondary N) is 1. The number of carbonyl (C=O) groups is 1. The molecule has 0 spiro atoms. The van der Waals surface area contributed by atoms with Gasteiger partial charge in [0.2, 0.25) is 0 Å². The van der Waals surface area contributed by atoms with Crippen LogP contribution in [-0.4, -0.2) is 62.9 Å². The van der Waals surface area contributed by atoms with Crippen LogP contribution in [0.3, 0.4) is 0 Å². The number of likely N-dealkylation sites (N-methyl/N-ethyl adjacent to an activating group) is 1. The first-order valence-corrected chi connectivity index (χ1v) is 6.81. The summed E-state index contributed by atoms with van der Waals surface area (Å²) in [6.45, 7) is 3.72. The molecule has 1 aliphatic carbocycles. The number of hydrogen-bond acceptors (Lipinski definition) is 5. The maximum atomic E-state index is 11.9. The molecule has 0 radical (unpaired) electrons. The lowest BCUT2D eigenvalue weighted by molar-refractivity contribution is -0.148. The zero-order valence-electron chi connectivity index (χ0n) is 11.4. The average molecular weight is 256 g/mol. The first-order valence-electron chi connectivity index (χ1n) is 6.81. The largest absolute Gasteiger partial charge is 0.468 e. The molecule has 0 aromatic heterocycles. The molecule has 1 saturated heterocycles. The van der Waals surface area contributed by atoms with Gasteiger partial charge in [0.05, 0.1) is 13.7 Å². The number of methoxy groups -OCH3 is 1. The predicted molar refractivity (Wildman–Crippen MR) is 68.5 cm³/mol. The number of ether oxygens (including phenoxy) is 2. The van der Waals surface area contributed by atoms with Gasteiger partial charge in [-0.2, -0.15) is 0 Å². The molecule has 1 aliphatic heterocycles. The van der Waals surface area contributed by atoms with Gasteiger partial charge in [0.15, 0.2) is 0 Å². The van der Waals surface area contributed by atoms with Gasteiger partial charge in [0, 0.05) is 25.7 Å². The lowest BCUT2D eigenvalue weighted by atomic mass is 9.97. The summed E-state index contributed by atoms with van der Waals surface area (Å²) >= 11 is 0.